The molecule has 1 saturated heterocycles. The zero-order valence-electron chi connectivity index (χ0n) is 15.5. The van der Waals surface area contributed by atoms with Gasteiger partial charge in [-0.2, -0.15) is 0 Å². The van der Waals surface area contributed by atoms with Crippen molar-refractivity contribution in [3.63, 3.8) is 0 Å². The van der Waals surface area contributed by atoms with Gasteiger partial charge in [0.25, 0.3) is 0 Å². The van der Waals surface area contributed by atoms with Gasteiger partial charge in [0, 0.05) is 13.0 Å². The monoisotopic (exact) mass is 350 g/mol. The van der Waals surface area contributed by atoms with E-state index in [9.17, 15) is 4.79 Å². The van der Waals surface area contributed by atoms with Crippen LogP contribution in [0.5, 0.6) is 0 Å². The predicted molar refractivity (Wildman–Crippen MR) is 107 cm³/mol. The number of hydrogen-bond donors (Lipinski definition) is 2. The van der Waals surface area contributed by atoms with Gasteiger partial charge >= 0.3 is 0 Å². The highest BCUT2D eigenvalue weighted by Gasteiger charge is 2.17. The third kappa shape index (κ3) is 6.30. The quantitative estimate of drug-likeness (QED) is 0.726. The zero-order chi connectivity index (χ0) is 18.0. The van der Waals surface area contributed by atoms with Crippen molar-refractivity contribution in [2.24, 2.45) is 11.8 Å². The highest BCUT2D eigenvalue weighted by Crippen LogP contribution is 2.18. The molecule has 1 aliphatic heterocycles. The highest BCUT2D eigenvalue weighted by atomic mass is 16.1. The van der Waals surface area contributed by atoms with Crippen molar-refractivity contribution in [1.29, 1.82) is 0 Å². The van der Waals surface area contributed by atoms with Crippen molar-refractivity contribution < 1.29 is 4.79 Å². The Labute approximate surface area is 157 Å². The molecule has 3 heteroatoms. The topological polar surface area (TPSA) is 41.1 Å². The van der Waals surface area contributed by atoms with E-state index in [1.165, 1.54) is 17.5 Å². The molecule has 0 radical (unpaired) electrons. The molecule has 1 atom stereocenters. The summed E-state index contributed by atoms with van der Waals surface area (Å²) in [5.74, 6) is 1.24. The van der Waals surface area contributed by atoms with E-state index < -0.39 is 0 Å². The molecule has 0 aliphatic carbocycles. The number of amides is 1. The van der Waals surface area contributed by atoms with Gasteiger partial charge in [-0.15, -0.1) is 0 Å². The molecular weight excluding hydrogens is 320 g/mol. The van der Waals surface area contributed by atoms with Gasteiger partial charge in [-0.1, -0.05) is 60.7 Å². The Morgan fingerprint density at radius 2 is 1.62 bits per heavy atom. The van der Waals surface area contributed by atoms with Crippen molar-refractivity contribution in [1.82, 2.24) is 10.6 Å². The molecule has 0 saturated carbocycles. The largest absolute Gasteiger partial charge is 0.356 e. The summed E-state index contributed by atoms with van der Waals surface area (Å²) in [6, 6.07) is 21.0. The normalized spacial score (nSPS) is 16.7. The van der Waals surface area contributed by atoms with Gasteiger partial charge in [-0.05, 0) is 61.7 Å². The van der Waals surface area contributed by atoms with Gasteiger partial charge in [-0.25, -0.2) is 0 Å². The van der Waals surface area contributed by atoms with Gasteiger partial charge < -0.3 is 10.6 Å². The lowest BCUT2D eigenvalue weighted by molar-refractivity contribution is -0.122. The van der Waals surface area contributed by atoms with Crippen LogP contribution in [0.4, 0.5) is 0 Å². The summed E-state index contributed by atoms with van der Waals surface area (Å²) >= 11 is 0. The maximum absolute atomic E-state index is 12.5. The second-order valence-corrected chi connectivity index (χ2v) is 7.45. The molecule has 0 spiro atoms. The average molecular weight is 351 g/mol. The maximum atomic E-state index is 12.5. The standard InChI is InChI=1S/C23H30N2O/c26-23(25-14-12-21-11-13-24-18-21)17-22(15-19-7-3-1-4-8-19)16-20-9-5-2-6-10-20/h1-10,21-22,24H,11-18H2,(H,25,26). The summed E-state index contributed by atoms with van der Waals surface area (Å²) in [6.07, 6.45) is 4.79. The van der Waals surface area contributed by atoms with Crippen LogP contribution in [0.15, 0.2) is 60.7 Å². The van der Waals surface area contributed by atoms with Gasteiger partial charge in [0.05, 0.1) is 0 Å². The molecule has 26 heavy (non-hydrogen) atoms. The lowest BCUT2D eigenvalue weighted by Crippen LogP contribution is -2.29. The average Bonchev–Trinajstić information content (AvgIpc) is 3.17. The summed E-state index contributed by atoms with van der Waals surface area (Å²) < 4.78 is 0. The molecule has 2 aromatic carbocycles. The molecule has 1 heterocycles. The van der Waals surface area contributed by atoms with Crippen molar-refractivity contribution in [2.45, 2.75) is 32.1 Å². The van der Waals surface area contributed by atoms with Crippen LogP contribution in [0.2, 0.25) is 0 Å². The SMILES string of the molecule is O=C(CC(Cc1ccccc1)Cc1ccccc1)NCCC1CCNC1. The number of carbonyl (C=O) groups is 1. The molecule has 2 N–H and O–H groups in total. The molecule has 2 aromatic rings. The second-order valence-electron chi connectivity index (χ2n) is 7.45. The van der Waals surface area contributed by atoms with E-state index in [4.69, 9.17) is 0 Å². The van der Waals surface area contributed by atoms with Crippen LogP contribution < -0.4 is 10.6 Å². The molecule has 3 nitrogen and oxygen atoms in total. The van der Waals surface area contributed by atoms with Crippen LogP contribution in [-0.2, 0) is 17.6 Å². The molecule has 0 aromatic heterocycles. The fourth-order valence-corrected chi connectivity index (χ4v) is 3.82. The Bertz CT molecular complexity index is 609. The summed E-state index contributed by atoms with van der Waals surface area (Å²) in [5.41, 5.74) is 2.61. The first-order valence-corrected chi connectivity index (χ1v) is 9.85. The predicted octanol–water partition coefficient (Wildman–Crippen LogP) is 3.59. The fraction of sp³-hybridized carbons (Fsp3) is 0.435. The molecule has 1 amide bonds. The van der Waals surface area contributed by atoms with E-state index in [1.807, 2.05) is 12.1 Å². The van der Waals surface area contributed by atoms with E-state index in [2.05, 4.69) is 59.2 Å². The Morgan fingerprint density at radius 1 is 1.00 bits per heavy atom. The Hall–Kier alpha value is -2.13. The van der Waals surface area contributed by atoms with Crippen molar-refractivity contribution in [3.05, 3.63) is 71.8 Å². The van der Waals surface area contributed by atoms with Crippen LogP contribution in [0, 0.1) is 11.8 Å². The van der Waals surface area contributed by atoms with Crippen LogP contribution in [0.3, 0.4) is 0 Å². The summed E-state index contributed by atoms with van der Waals surface area (Å²) in [6.45, 7) is 3.02. The maximum Gasteiger partial charge on any atom is 0.220 e. The van der Waals surface area contributed by atoms with E-state index >= 15 is 0 Å². The lowest BCUT2D eigenvalue weighted by Gasteiger charge is -2.18. The number of carbonyl (C=O) groups excluding carboxylic acids is 1. The molecule has 0 bridgehead atoms. The number of nitrogens with one attached hydrogen (secondary N) is 2. The number of rotatable bonds is 9. The van der Waals surface area contributed by atoms with E-state index in [0.717, 1.165) is 44.8 Å². The van der Waals surface area contributed by atoms with Crippen LogP contribution in [0.25, 0.3) is 0 Å². The number of hydrogen-bond acceptors (Lipinski definition) is 2. The van der Waals surface area contributed by atoms with Crippen LogP contribution >= 0.6 is 0 Å². The molecule has 1 unspecified atom stereocenters. The Kier molecular flexibility index (Phi) is 7.26. The molecule has 1 fully saturated rings. The van der Waals surface area contributed by atoms with Crippen molar-refractivity contribution in [3.8, 4) is 0 Å². The minimum atomic E-state index is 0.188. The van der Waals surface area contributed by atoms with Gasteiger partial charge in [0.15, 0.2) is 0 Å². The van der Waals surface area contributed by atoms with Crippen molar-refractivity contribution >= 4 is 5.91 Å². The molecule has 138 valence electrons. The summed E-state index contributed by atoms with van der Waals surface area (Å²) in [7, 11) is 0. The summed E-state index contributed by atoms with van der Waals surface area (Å²) in [5, 5.41) is 6.53. The Morgan fingerprint density at radius 3 is 2.15 bits per heavy atom. The second kappa shape index (κ2) is 10.1. The first kappa shape index (κ1) is 18.7. The van der Waals surface area contributed by atoms with Gasteiger partial charge in [-0.3, -0.25) is 4.79 Å². The first-order valence-electron chi connectivity index (χ1n) is 9.85. The molecule has 1 aliphatic rings. The van der Waals surface area contributed by atoms with E-state index in [-0.39, 0.29) is 5.91 Å². The smallest absolute Gasteiger partial charge is 0.220 e. The zero-order valence-corrected chi connectivity index (χ0v) is 15.5. The lowest BCUT2D eigenvalue weighted by atomic mass is 9.89. The fourth-order valence-electron chi connectivity index (χ4n) is 3.82. The Balaban J connectivity index is 1.52. The highest BCUT2D eigenvalue weighted by molar-refractivity contribution is 5.76. The van der Waals surface area contributed by atoms with Crippen LogP contribution in [0.1, 0.15) is 30.4 Å². The minimum Gasteiger partial charge on any atom is -0.356 e. The molecular formula is C23H30N2O. The van der Waals surface area contributed by atoms with Gasteiger partial charge in [0.1, 0.15) is 0 Å². The van der Waals surface area contributed by atoms with E-state index in [1.54, 1.807) is 0 Å². The number of benzene rings is 2. The third-order valence-corrected chi connectivity index (χ3v) is 5.25. The third-order valence-electron chi connectivity index (χ3n) is 5.25. The first-order chi connectivity index (χ1) is 12.8. The minimum absolute atomic E-state index is 0.188. The van der Waals surface area contributed by atoms with E-state index in [0.29, 0.717) is 12.3 Å². The summed E-state index contributed by atoms with van der Waals surface area (Å²) in [4.78, 5) is 12.5. The molecule has 3 rings (SSSR count). The van der Waals surface area contributed by atoms with Gasteiger partial charge in [0.2, 0.25) is 5.91 Å². The van der Waals surface area contributed by atoms with Crippen molar-refractivity contribution in [2.75, 3.05) is 19.6 Å². The van der Waals surface area contributed by atoms with Crippen LogP contribution in [-0.4, -0.2) is 25.5 Å².